The second kappa shape index (κ2) is 6.38. The minimum Gasteiger partial charge on any atom is -0.496 e. The maximum Gasteiger partial charge on any atom is 0.286 e. The van der Waals surface area contributed by atoms with Crippen molar-refractivity contribution in [3.63, 3.8) is 0 Å². The molecule has 0 saturated carbocycles. The molecule has 2 aromatic rings. The standard InChI is InChI=1S/C12H11BrN2O3S2/c1-18-11-5-4-9(7-10(11)13)8-14-15-20(16,17)12-3-2-6-19-12/h2-8,15H,1H3/b14-8+. The lowest BCUT2D eigenvalue weighted by Gasteiger charge is -2.03. The molecule has 0 atom stereocenters. The highest BCUT2D eigenvalue weighted by Crippen LogP contribution is 2.24. The molecule has 5 nitrogen and oxygen atoms in total. The summed E-state index contributed by atoms with van der Waals surface area (Å²) in [7, 11) is -2.00. The highest BCUT2D eigenvalue weighted by molar-refractivity contribution is 9.10. The molecule has 0 spiro atoms. The van der Waals surface area contributed by atoms with E-state index in [1.54, 1.807) is 36.8 Å². The Morgan fingerprint density at radius 2 is 2.20 bits per heavy atom. The summed E-state index contributed by atoms with van der Waals surface area (Å²) < 4.78 is 29.7. The monoisotopic (exact) mass is 374 g/mol. The normalized spacial score (nSPS) is 11.7. The van der Waals surface area contributed by atoms with Gasteiger partial charge in [0.25, 0.3) is 10.0 Å². The molecule has 8 heteroatoms. The van der Waals surface area contributed by atoms with Gasteiger partial charge in [-0.25, -0.2) is 0 Å². The van der Waals surface area contributed by atoms with E-state index in [2.05, 4.69) is 25.9 Å². The molecule has 20 heavy (non-hydrogen) atoms. The van der Waals surface area contributed by atoms with E-state index >= 15 is 0 Å². The van der Waals surface area contributed by atoms with Gasteiger partial charge in [-0.1, -0.05) is 6.07 Å². The number of hydrogen-bond donors (Lipinski definition) is 1. The molecule has 1 aromatic heterocycles. The molecule has 1 N–H and O–H groups in total. The van der Waals surface area contributed by atoms with Crippen LogP contribution in [0, 0.1) is 0 Å². The molecule has 0 unspecified atom stereocenters. The van der Waals surface area contributed by atoms with Crippen molar-refractivity contribution in [3.05, 3.63) is 45.7 Å². The first kappa shape index (κ1) is 15.0. The molecular formula is C12H11BrN2O3S2. The van der Waals surface area contributed by atoms with Gasteiger partial charge in [-0.3, -0.25) is 0 Å². The summed E-state index contributed by atoms with van der Waals surface area (Å²) in [6.45, 7) is 0. The fraction of sp³-hybridized carbons (Fsp3) is 0.0833. The van der Waals surface area contributed by atoms with Gasteiger partial charge in [-0.2, -0.15) is 18.4 Å². The number of hydrazone groups is 1. The number of sulfonamides is 1. The minimum atomic E-state index is -3.58. The molecule has 2 rings (SSSR count). The van der Waals surface area contributed by atoms with Gasteiger partial charge in [0, 0.05) is 0 Å². The second-order valence-electron chi connectivity index (χ2n) is 3.68. The largest absolute Gasteiger partial charge is 0.496 e. The van der Waals surface area contributed by atoms with Crippen LogP contribution in [0.2, 0.25) is 0 Å². The molecule has 0 aliphatic carbocycles. The van der Waals surface area contributed by atoms with Crippen molar-refractivity contribution in [1.82, 2.24) is 4.83 Å². The number of thiophene rings is 1. The molecule has 0 radical (unpaired) electrons. The number of methoxy groups -OCH3 is 1. The van der Waals surface area contributed by atoms with Gasteiger partial charge in [0.15, 0.2) is 0 Å². The third-order valence-corrected chi connectivity index (χ3v) is 5.56. The van der Waals surface area contributed by atoms with Crippen molar-refractivity contribution in [2.45, 2.75) is 4.21 Å². The molecular weight excluding hydrogens is 364 g/mol. The Morgan fingerprint density at radius 3 is 2.80 bits per heavy atom. The lowest BCUT2D eigenvalue weighted by molar-refractivity contribution is 0.412. The third-order valence-electron chi connectivity index (χ3n) is 2.32. The summed E-state index contributed by atoms with van der Waals surface area (Å²) in [5.41, 5.74) is 0.742. The first-order valence-electron chi connectivity index (χ1n) is 5.45. The maximum atomic E-state index is 11.8. The first-order chi connectivity index (χ1) is 9.53. The highest BCUT2D eigenvalue weighted by atomic mass is 79.9. The lowest BCUT2D eigenvalue weighted by atomic mass is 10.2. The predicted octanol–water partition coefficient (Wildman–Crippen LogP) is 2.83. The van der Waals surface area contributed by atoms with Crippen LogP contribution in [-0.4, -0.2) is 21.7 Å². The number of nitrogens with one attached hydrogen (secondary N) is 1. The fourth-order valence-corrected chi connectivity index (χ4v) is 3.73. The van der Waals surface area contributed by atoms with Crippen LogP contribution in [-0.2, 0) is 10.0 Å². The van der Waals surface area contributed by atoms with Crippen molar-refractivity contribution in [2.75, 3.05) is 7.11 Å². The van der Waals surface area contributed by atoms with E-state index in [1.807, 2.05) is 0 Å². The predicted molar refractivity (Wildman–Crippen MR) is 82.9 cm³/mol. The maximum absolute atomic E-state index is 11.8. The quantitative estimate of drug-likeness (QED) is 0.646. The molecule has 0 aliphatic heterocycles. The van der Waals surface area contributed by atoms with Crippen LogP contribution in [0.5, 0.6) is 5.75 Å². The number of ether oxygens (including phenoxy) is 1. The van der Waals surface area contributed by atoms with Gasteiger partial charge in [-0.05, 0) is 51.1 Å². The van der Waals surface area contributed by atoms with E-state index < -0.39 is 10.0 Å². The molecule has 0 amide bonds. The zero-order chi connectivity index (χ0) is 14.6. The smallest absolute Gasteiger partial charge is 0.286 e. The number of halogens is 1. The SMILES string of the molecule is COc1ccc(/C=N/NS(=O)(=O)c2cccs2)cc1Br. The van der Waals surface area contributed by atoms with E-state index in [0.29, 0.717) is 5.75 Å². The fourth-order valence-electron chi connectivity index (χ4n) is 1.39. The van der Waals surface area contributed by atoms with Crippen LogP contribution < -0.4 is 9.57 Å². The van der Waals surface area contributed by atoms with Crippen LogP contribution in [0.25, 0.3) is 0 Å². The number of hydrogen-bond acceptors (Lipinski definition) is 5. The topological polar surface area (TPSA) is 67.8 Å². The average Bonchev–Trinajstić information content (AvgIpc) is 2.93. The van der Waals surface area contributed by atoms with Crippen molar-refractivity contribution >= 4 is 43.5 Å². The van der Waals surface area contributed by atoms with Crippen molar-refractivity contribution < 1.29 is 13.2 Å². The molecule has 106 valence electrons. The summed E-state index contributed by atoms with van der Waals surface area (Å²) in [6, 6.07) is 8.50. The molecule has 0 fully saturated rings. The minimum absolute atomic E-state index is 0.227. The van der Waals surface area contributed by atoms with Crippen LogP contribution in [0.4, 0.5) is 0 Å². The Hall–Kier alpha value is -1.38. The van der Waals surface area contributed by atoms with Crippen molar-refractivity contribution in [2.24, 2.45) is 5.10 Å². The van der Waals surface area contributed by atoms with Crippen LogP contribution in [0.1, 0.15) is 5.56 Å². The zero-order valence-electron chi connectivity index (χ0n) is 10.4. The summed E-state index contributed by atoms with van der Waals surface area (Å²) in [6.07, 6.45) is 1.43. The highest BCUT2D eigenvalue weighted by Gasteiger charge is 2.12. The molecule has 1 heterocycles. The van der Waals surface area contributed by atoms with Crippen molar-refractivity contribution in [3.8, 4) is 5.75 Å². The molecule has 0 bridgehead atoms. The summed E-state index contributed by atoms with van der Waals surface area (Å²) in [5, 5.41) is 5.44. The van der Waals surface area contributed by atoms with Crippen molar-refractivity contribution in [1.29, 1.82) is 0 Å². The van der Waals surface area contributed by atoms with Gasteiger partial charge in [0.05, 0.1) is 17.8 Å². The molecule has 0 saturated heterocycles. The summed E-state index contributed by atoms with van der Waals surface area (Å²) in [4.78, 5) is 2.16. The van der Waals surface area contributed by atoms with E-state index in [9.17, 15) is 8.42 Å². The number of nitrogens with zero attached hydrogens (tertiary/aromatic N) is 1. The summed E-state index contributed by atoms with van der Waals surface area (Å²) >= 11 is 4.48. The van der Waals surface area contributed by atoms with Gasteiger partial charge in [0.1, 0.15) is 9.96 Å². The van der Waals surface area contributed by atoms with Gasteiger partial charge in [0.2, 0.25) is 0 Å². The number of rotatable bonds is 5. The lowest BCUT2D eigenvalue weighted by Crippen LogP contribution is -2.17. The third kappa shape index (κ3) is 3.59. The second-order valence-corrected chi connectivity index (χ2v) is 7.37. The molecule has 1 aromatic carbocycles. The van der Waals surface area contributed by atoms with E-state index in [0.717, 1.165) is 21.4 Å². The van der Waals surface area contributed by atoms with Gasteiger partial charge in [-0.15, -0.1) is 11.3 Å². The number of benzene rings is 1. The Bertz CT molecular complexity index is 712. The van der Waals surface area contributed by atoms with Gasteiger partial charge >= 0.3 is 0 Å². The Balaban J connectivity index is 2.09. The van der Waals surface area contributed by atoms with Crippen LogP contribution >= 0.6 is 27.3 Å². The zero-order valence-corrected chi connectivity index (χ0v) is 13.6. The Labute approximate surface area is 129 Å². The molecule has 0 aliphatic rings. The Morgan fingerprint density at radius 1 is 1.40 bits per heavy atom. The first-order valence-corrected chi connectivity index (χ1v) is 8.60. The summed E-state index contributed by atoms with van der Waals surface area (Å²) in [5.74, 6) is 0.696. The van der Waals surface area contributed by atoms with E-state index in [1.165, 1.54) is 12.3 Å². The van der Waals surface area contributed by atoms with Crippen LogP contribution in [0.15, 0.2) is 49.5 Å². The van der Waals surface area contributed by atoms with Gasteiger partial charge < -0.3 is 4.74 Å². The average molecular weight is 375 g/mol. The van der Waals surface area contributed by atoms with E-state index in [4.69, 9.17) is 4.74 Å². The van der Waals surface area contributed by atoms with Crippen LogP contribution in [0.3, 0.4) is 0 Å². The Kier molecular flexibility index (Phi) is 4.79. The van der Waals surface area contributed by atoms with E-state index in [-0.39, 0.29) is 4.21 Å².